The number of likely N-dealkylation sites (tertiary alicyclic amines) is 2. The van der Waals surface area contributed by atoms with Crippen LogP contribution in [0.2, 0.25) is 0 Å². The number of carboxylic acids is 2. The topological polar surface area (TPSA) is 86.7 Å². The SMILES string of the molecule is CC1(C)CC(/C(C(=O)[O-])=C(/C(=O)[O-])C2CC(C)(C)N(Cc3ccccc3)C(C)(C)C2)CC(C)(C)N1Cc1ccccc1. The van der Waals surface area contributed by atoms with Crippen LogP contribution in [-0.2, 0) is 22.7 Å². The molecule has 2 heterocycles. The lowest BCUT2D eigenvalue weighted by atomic mass is 9.66. The van der Waals surface area contributed by atoms with Crippen molar-refractivity contribution < 1.29 is 19.8 Å². The van der Waals surface area contributed by atoms with E-state index < -0.39 is 23.8 Å². The number of benzene rings is 2. The van der Waals surface area contributed by atoms with Crippen LogP contribution < -0.4 is 10.2 Å². The van der Waals surface area contributed by atoms with E-state index >= 15 is 0 Å². The van der Waals surface area contributed by atoms with E-state index in [0.29, 0.717) is 25.7 Å². The molecule has 2 saturated heterocycles. The van der Waals surface area contributed by atoms with Crippen molar-refractivity contribution in [3.05, 3.63) is 82.9 Å². The second-order valence-electron chi connectivity index (χ2n) is 15.0. The highest BCUT2D eigenvalue weighted by Crippen LogP contribution is 2.49. The number of carbonyl (C=O) groups is 2. The van der Waals surface area contributed by atoms with Crippen molar-refractivity contribution in [3.63, 3.8) is 0 Å². The normalized spacial score (nSPS) is 23.2. The predicted molar refractivity (Wildman–Crippen MR) is 163 cm³/mol. The van der Waals surface area contributed by atoms with E-state index in [1.165, 1.54) is 11.1 Å². The summed E-state index contributed by atoms with van der Waals surface area (Å²) >= 11 is 0. The minimum absolute atomic E-state index is 0.0661. The van der Waals surface area contributed by atoms with Crippen molar-refractivity contribution in [2.45, 2.75) is 116 Å². The summed E-state index contributed by atoms with van der Waals surface area (Å²) in [6.45, 7) is 18.5. The molecule has 2 aromatic rings. The smallest absolute Gasteiger partial charge is 0.0681 e. The van der Waals surface area contributed by atoms with E-state index in [4.69, 9.17) is 0 Å². The average molecular weight is 573 g/mol. The van der Waals surface area contributed by atoms with Crippen molar-refractivity contribution in [3.8, 4) is 0 Å². The summed E-state index contributed by atoms with van der Waals surface area (Å²) in [5.41, 5.74) is 0.738. The Hall–Kier alpha value is -2.96. The largest absolute Gasteiger partial charge is 0.545 e. The van der Waals surface area contributed by atoms with Crippen LogP contribution in [0.5, 0.6) is 0 Å². The molecule has 0 N–H and O–H groups in total. The van der Waals surface area contributed by atoms with E-state index in [-0.39, 0.29) is 33.3 Å². The third-order valence-corrected chi connectivity index (χ3v) is 9.82. The van der Waals surface area contributed by atoms with Crippen LogP contribution in [0.25, 0.3) is 0 Å². The Kier molecular flexibility index (Phi) is 8.84. The highest BCUT2D eigenvalue weighted by molar-refractivity contribution is 5.98. The van der Waals surface area contributed by atoms with Crippen LogP contribution in [0, 0.1) is 11.8 Å². The van der Waals surface area contributed by atoms with E-state index in [1.807, 2.05) is 36.4 Å². The fourth-order valence-corrected chi connectivity index (χ4v) is 8.43. The second kappa shape index (κ2) is 11.6. The number of piperidine rings is 2. The highest BCUT2D eigenvalue weighted by atomic mass is 16.4. The van der Waals surface area contributed by atoms with Crippen LogP contribution >= 0.6 is 0 Å². The van der Waals surface area contributed by atoms with Gasteiger partial charge in [0.1, 0.15) is 0 Å². The van der Waals surface area contributed by atoms with E-state index in [1.54, 1.807) is 0 Å². The molecule has 0 bridgehead atoms. The molecule has 2 aliphatic rings. The van der Waals surface area contributed by atoms with E-state index in [0.717, 1.165) is 13.1 Å². The number of carbonyl (C=O) groups excluding carboxylic acids is 2. The third-order valence-electron chi connectivity index (χ3n) is 9.82. The van der Waals surface area contributed by atoms with Gasteiger partial charge in [0, 0.05) is 35.2 Å². The van der Waals surface area contributed by atoms with Gasteiger partial charge in [-0.05, 0) is 115 Å². The number of rotatable bonds is 8. The maximum Gasteiger partial charge on any atom is 0.0681 e. The maximum atomic E-state index is 12.9. The first-order chi connectivity index (χ1) is 19.4. The standard InChI is InChI=1S/C36H50N2O4/c1-33(2)19-27(20-34(3,4)37(33)23-25-15-11-9-12-16-25)29(31(39)40)30(32(41)42)28-21-35(5,6)38(36(7,8)22-28)24-26-17-13-10-14-18-26/h9-18,27-28H,19-24H2,1-8H3,(H,39,40)(H,41,42)/p-2/b30-29-. The summed E-state index contributed by atoms with van der Waals surface area (Å²) in [7, 11) is 0. The Morgan fingerprint density at radius 3 is 1.07 bits per heavy atom. The molecule has 0 unspecified atom stereocenters. The molecule has 0 aliphatic carbocycles. The van der Waals surface area contributed by atoms with Gasteiger partial charge in [0.05, 0.1) is 11.9 Å². The molecule has 0 amide bonds. The molecule has 2 aliphatic heterocycles. The number of nitrogens with zero attached hydrogens (tertiary/aromatic N) is 2. The predicted octanol–water partition coefficient (Wildman–Crippen LogP) is 4.72. The van der Waals surface area contributed by atoms with Crippen LogP contribution in [0.15, 0.2) is 71.8 Å². The number of carboxylic acid groups (broad SMARTS) is 2. The fourth-order valence-electron chi connectivity index (χ4n) is 8.43. The zero-order valence-electron chi connectivity index (χ0n) is 26.7. The van der Waals surface area contributed by atoms with Gasteiger partial charge in [0.2, 0.25) is 0 Å². The fraction of sp³-hybridized carbons (Fsp3) is 0.556. The molecule has 0 spiro atoms. The highest BCUT2D eigenvalue weighted by Gasteiger charge is 2.49. The van der Waals surface area contributed by atoms with E-state index in [2.05, 4.69) is 89.5 Å². The Balaban J connectivity index is 1.70. The minimum Gasteiger partial charge on any atom is -0.545 e. The van der Waals surface area contributed by atoms with Gasteiger partial charge in [-0.25, -0.2) is 0 Å². The molecule has 6 nitrogen and oxygen atoms in total. The number of aliphatic carboxylic acids is 2. The summed E-state index contributed by atoms with van der Waals surface area (Å²) < 4.78 is 0. The first-order valence-electron chi connectivity index (χ1n) is 15.2. The Labute approximate surface area is 252 Å². The van der Waals surface area contributed by atoms with Gasteiger partial charge in [0.15, 0.2) is 0 Å². The molecule has 4 rings (SSSR count). The molecule has 6 heteroatoms. The van der Waals surface area contributed by atoms with Crippen LogP contribution in [-0.4, -0.2) is 43.9 Å². The molecule has 228 valence electrons. The van der Waals surface area contributed by atoms with Crippen molar-refractivity contribution in [1.82, 2.24) is 9.80 Å². The molecule has 0 saturated carbocycles. The summed E-state index contributed by atoms with van der Waals surface area (Å²) in [4.78, 5) is 30.7. The van der Waals surface area contributed by atoms with Crippen molar-refractivity contribution in [1.29, 1.82) is 0 Å². The summed E-state index contributed by atoms with van der Waals surface area (Å²) in [5, 5.41) is 25.9. The van der Waals surface area contributed by atoms with Gasteiger partial charge in [-0.1, -0.05) is 60.7 Å². The molecule has 2 fully saturated rings. The molecular weight excluding hydrogens is 524 g/mol. The lowest BCUT2D eigenvalue weighted by Crippen LogP contribution is -2.62. The third kappa shape index (κ3) is 6.65. The number of hydrogen-bond donors (Lipinski definition) is 0. The lowest BCUT2D eigenvalue weighted by Gasteiger charge is -2.57. The first-order valence-corrected chi connectivity index (χ1v) is 15.2. The maximum absolute atomic E-state index is 12.9. The summed E-state index contributed by atoms with van der Waals surface area (Å²) in [5.74, 6) is -3.70. The van der Waals surface area contributed by atoms with Gasteiger partial charge in [-0.2, -0.15) is 0 Å². The van der Waals surface area contributed by atoms with Gasteiger partial charge in [0.25, 0.3) is 0 Å². The van der Waals surface area contributed by atoms with Gasteiger partial charge in [-0.15, -0.1) is 0 Å². The van der Waals surface area contributed by atoms with Crippen molar-refractivity contribution in [2.24, 2.45) is 11.8 Å². The zero-order valence-corrected chi connectivity index (χ0v) is 26.7. The second-order valence-corrected chi connectivity index (χ2v) is 15.0. The van der Waals surface area contributed by atoms with Gasteiger partial charge in [-0.3, -0.25) is 9.80 Å². The molecule has 2 aromatic carbocycles. The number of hydrogen-bond acceptors (Lipinski definition) is 6. The summed E-state index contributed by atoms with van der Waals surface area (Å²) in [6.07, 6.45) is 2.07. The van der Waals surface area contributed by atoms with Crippen molar-refractivity contribution in [2.75, 3.05) is 0 Å². The van der Waals surface area contributed by atoms with Gasteiger partial charge < -0.3 is 19.8 Å². The molecule has 0 atom stereocenters. The lowest BCUT2D eigenvalue weighted by molar-refractivity contribution is -0.305. The Morgan fingerprint density at radius 1 is 0.571 bits per heavy atom. The van der Waals surface area contributed by atoms with Crippen LogP contribution in [0.4, 0.5) is 0 Å². The quantitative estimate of drug-likeness (QED) is 0.426. The van der Waals surface area contributed by atoms with E-state index in [9.17, 15) is 19.8 Å². The van der Waals surface area contributed by atoms with Gasteiger partial charge >= 0.3 is 0 Å². The summed E-state index contributed by atoms with van der Waals surface area (Å²) in [6, 6.07) is 20.5. The molecular formula is C36H48N2O4-2. The average Bonchev–Trinajstić information content (AvgIpc) is 2.86. The Morgan fingerprint density at radius 2 is 0.833 bits per heavy atom. The molecule has 42 heavy (non-hydrogen) atoms. The molecule has 0 radical (unpaired) electrons. The monoisotopic (exact) mass is 572 g/mol. The van der Waals surface area contributed by atoms with Crippen LogP contribution in [0.1, 0.15) is 92.2 Å². The first kappa shape index (κ1) is 32.0. The van der Waals surface area contributed by atoms with Crippen molar-refractivity contribution >= 4 is 11.9 Å². The minimum atomic E-state index is -1.38. The zero-order chi connectivity index (χ0) is 31.1. The molecule has 0 aromatic heterocycles. The Bertz CT molecular complexity index is 1170. The van der Waals surface area contributed by atoms with Crippen LogP contribution in [0.3, 0.4) is 0 Å².